The topological polar surface area (TPSA) is 63.4 Å². The second-order valence-electron chi connectivity index (χ2n) is 5.72. The van der Waals surface area contributed by atoms with Gasteiger partial charge in [0.1, 0.15) is 0 Å². The maximum Gasteiger partial charge on any atom is 0.239 e. The number of rotatable bonds is 6. The Labute approximate surface area is 148 Å². The molecule has 0 bridgehead atoms. The Morgan fingerprint density at radius 3 is 2.43 bits per heavy atom. The molecule has 1 amide bonds. The first-order valence-electron chi connectivity index (χ1n) is 7.76. The summed E-state index contributed by atoms with van der Waals surface area (Å²) in [5.41, 5.74) is 6.72. The molecular weight excluding hydrogens is 332 g/mol. The van der Waals surface area contributed by atoms with Gasteiger partial charge in [0.15, 0.2) is 5.78 Å². The standard InChI is InChI=1S/C17H24N2O2S.ClH/c1-22-12-9-15(18)17(21)19-10-7-14(8-11-19)16(20)13-5-3-2-4-6-13;/h2-6,14-15H,7-12,18H2,1H3;1H/t15-;/m0./s1. The summed E-state index contributed by atoms with van der Waals surface area (Å²) in [6.07, 6.45) is 4.18. The van der Waals surface area contributed by atoms with Crippen molar-refractivity contribution in [2.45, 2.75) is 25.3 Å². The Balaban J connectivity index is 0.00000264. The monoisotopic (exact) mass is 356 g/mol. The minimum Gasteiger partial charge on any atom is -0.341 e. The van der Waals surface area contributed by atoms with Crippen molar-refractivity contribution in [1.82, 2.24) is 4.90 Å². The molecule has 1 aromatic rings. The predicted molar refractivity (Wildman–Crippen MR) is 98.3 cm³/mol. The lowest BCUT2D eigenvalue weighted by Gasteiger charge is -2.33. The molecule has 128 valence electrons. The van der Waals surface area contributed by atoms with Gasteiger partial charge in [-0.05, 0) is 31.3 Å². The van der Waals surface area contributed by atoms with Gasteiger partial charge in [-0.15, -0.1) is 12.4 Å². The quantitative estimate of drug-likeness (QED) is 0.796. The number of hydrogen-bond donors (Lipinski definition) is 1. The molecule has 1 aromatic carbocycles. The van der Waals surface area contributed by atoms with Crippen molar-refractivity contribution >= 4 is 35.9 Å². The summed E-state index contributed by atoms with van der Waals surface area (Å²) in [7, 11) is 0. The normalized spacial score (nSPS) is 16.5. The van der Waals surface area contributed by atoms with E-state index in [0.717, 1.165) is 24.2 Å². The second-order valence-corrected chi connectivity index (χ2v) is 6.70. The molecule has 0 radical (unpaired) electrons. The van der Waals surface area contributed by atoms with Gasteiger partial charge in [-0.1, -0.05) is 30.3 Å². The summed E-state index contributed by atoms with van der Waals surface area (Å²) in [4.78, 5) is 26.5. The van der Waals surface area contributed by atoms with Crippen LogP contribution in [0.5, 0.6) is 0 Å². The Hall–Kier alpha value is -1.04. The number of carbonyl (C=O) groups is 2. The molecule has 0 unspecified atom stereocenters. The molecule has 0 aromatic heterocycles. The van der Waals surface area contributed by atoms with Gasteiger partial charge in [-0.25, -0.2) is 0 Å². The molecule has 1 atom stereocenters. The minimum absolute atomic E-state index is 0. The number of halogens is 1. The Morgan fingerprint density at radius 2 is 1.87 bits per heavy atom. The summed E-state index contributed by atoms with van der Waals surface area (Å²) < 4.78 is 0. The van der Waals surface area contributed by atoms with Crippen LogP contribution >= 0.6 is 24.2 Å². The number of nitrogens with zero attached hydrogens (tertiary/aromatic N) is 1. The highest BCUT2D eigenvalue weighted by Crippen LogP contribution is 2.22. The number of Topliss-reactive ketones (excluding diaryl/α,β-unsaturated/α-hetero) is 1. The van der Waals surface area contributed by atoms with Gasteiger partial charge in [-0.3, -0.25) is 9.59 Å². The molecule has 1 heterocycles. The maximum absolute atomic E-state index is 12.4. The van der Waals surface area contributed by atoms with E-state index in [2.05, 4.69) is 0 Å². The summed E-state index contributed by atoms with van der Waals surface area (Å²) in [6.45, 7) is 1.27. The summed E-state index contributed by atoms with van der Waals surface area (Å²) >= 11 is 1.70. The SMILES string of the molecule is CSCC[C@H](N)C(=O)N1CCC(C(=O)c2ccccc2)CC1.Cl. The lowest BCUT2D eigenvalue weighted by atomic mass is 9.88. The molecule has 2 rings (SSSR count). The molecule has 0 saturated carbocycles. The van der Waals surface area contributed by atoms with Crippen LogP contribution in [-0.2, 0) is 4.79 Å². The Morgan fingerprint density at radius 1 is 1.26 bits per heavy atom. The number of carbonyl (C=O) groups excluding carboxylic acids is 2. The summed E-state index contributed by atoms with van der Waals surface area (Å²) in [6, 6.07) is 8.99. The fraction of sp³-hybridized carbons (Fsp3) is 0.529. The number of piperidine rings is 1. The fourth-order valence-electron chi connectivity index (χ4n) is 2.80. The van der Waals surface area contributed by atoms with E-state index < -0.39 is 6.04 Å². The van der Waals surface area contributed by atoms with Crippen molar-refractivity contribution in [3.63, 3.8) is 0 Å². The maximum atomic E-state index is 12.4. The van der Waals surface area contributed by atoms with Crippen molar-refractivity contribution in [2.75, 3.05) is 25.1 Å². The minimum atomic E-state index is -0.408. The molecule has 0 spiro atoms. The largest absolute Gasteiger partial charge is 0.341 e. The lowest BCUT2D eigenvalue weighted by Crippen LogP contribution is -2.48. The predicted octanol–water partition coefficient (Wildman–Crippen LogP) is 2.61. The second kappa shape index (κ2) is 9.96. The number of thioether (sulfide) groups is 1. The van der Waals surface area contributed by atoms with Gasteiger partial charge in [0, 0.05) is 24.6 Å². The first-order valence-corrected chi connectivity index (χ1v) is 9.15. The number of likely N-dealkylation sites (tertiary alicyclic amines) is 1. The lowest BCUT2D eigenvalue weighted by molar-refractivity contribution is -0.133. The van der Waals surface area contributed by atoms with E-state index in [1.54, 1.807) is 11.8 Å². The van der Waals surface area contributed by atoms with Crippen molar-refractivity contribution in [2.24, 2.45) is 11.7 Å². The van der Waals surface area contributed by atoms with Crippen molar-refractivity contribution in [1.29, 1.82) is 0 Å². The van der Waals surface area contributed by atoms with Gasteiger partial charge in [-0.2, -0.15) is 11.8 Å². The number of amides is 1. The third-order valence-electron chi connectivity index (χ3n) is 4.19. The fourth-order valence-corrected chi connectivity index (χ4v) is 3.29. The molecule has 1 fully saturated rings. The van der Waals surface area contributed by atoms with Crippen LogP contribution in [0.3, 0.4) is 0 Å². The first kappa shape index (κ1) is 20.0. The van der Waals surface area contributed by atoms with Gasteiger partial charge in [0.2, 0.25) is 5.91 Å². The van der Waals surface area contributed by atoms with Crippen LogP contribution in [0.1, 0.15) is 29.6 Å². The zero-order valence-electron chi connectivity index (χ0n) is 13.4. The van der Waals surface area contributed by atoms with Crippen molar-refractivity contribution in [3.05, 3.63) is 35.9 Å². The van der Waals surface area contributed by atoms with E-state index in [-0.39, 0.29) is 30.0 Å². The van der Waals surface area contributed by atoms with Gasteiger partial charge >= 0.3 is 0 Å². The highest BCUT2D eigenvalue weighted by Gasteiger charge is 2.29. The van der Waals surface area contributed by atoms with Crippen LogP contribution in [0.2, 0.25) is 0 Å². The van der Waals surface area contributed by atoms with E-state index in [9.17, 15) is 9.59 Å². The zero-order valence-corrected chi connectivity index (χ0v) is 15.1. The number of ketones is 1. The Kier molecular flexibility index (Phi) is 8.66. The van der Waals surface area contributed by atoms with E-state index in [4.69, 9.17) is 5.73 Å². The smallest absolute Gasteiger partial charge is 0.239 e. The summed E-state index contributed by atoms with van der Waals surface area (Å²) in [5.74, 6) is 1.14. The molecule has 23 heavy (non-hydrogen) atoms. The van der Waals surface area contributed by atoms with Gasteiger partial charge < -0.3 is 10.6 Å². The van der Waals surface area contributed by atoms with Crippen molar-refractivity contribution in [3.8, 4) is 0 Å². The Bertz CT molecular complexity index is 505. The van der Waals surface area contributed by atoms with E-state index in [1.807, 2.05) is 41.5 Å². The third-order valence-corrected chi connectivity index (χ3v) is 4.83. The van der Waals surface area contributed by atoms with Gasteiger partial charge in [0.25, 0.3) is 0 Å². The number of benzene rings is 1. The van der Waals surface area contributed by atoms with Crippen molar-refractivity contribution < 1.29 is 9.59 Å². The molecule has 1 saturated heterocycles. The number of nitrogens with two attached hydrogens (primary N) is 1. The van der Waals surface area contributed by atoms with E-state index in [1.165, 1.54) is 0 Å². The zero-order chi connectivity index (χ0) is 15.9. The van der Waals surface area contributed by atoms with E-state index in [0.29, 0.717) is 19.5 Å². The van der Waals surface area contributed by atoms with Crippen LogP contribution in [-0.4, -0.2) is 47.7 Å². The highest BCUT2D eigenvalue weighted by atomic mass is 35.5. The van der Waals surface area contributed by atoms with Crippen LogP contribution in [0.4, 0.5) is 0 Å². The molecule has 6 heteroatoms. The average molecular weight is 357 g/mol. The van der Waals surface area contributed by atoms with Crippen LogP contribution in [0.15, 0.2) is 30.3 Å². The third kappa shape index (κ3) is 5.52. The highest BCUT2D eigenvalue weighted by molar-refractivity contribution is 7.98. The van der Waals surface area contributed by atoms with Crippen LogP contribution in [0, 0.1) is 5.92 Å². The van der Waals surface area contributed by atoms with Crippen LogP contribution < -0.4 is 5.73 Å². The molecule has 1 aliphatic heterocycles. The molecule has 1 aliphatic rings. The van der Waals surface area contributed by atoms with E-state index >= 15 is 0 Å². The first-order chi connectivity index (χ1) is 10.6. The number of hydrogen-bond acceptors (Lipinski definition) is 4. The molecule has 2 N–H and O–H groups in total. The van der Waals surface area contributed by atoms with Crippen LogP contribution in [0.25, 0.3) is 0 Å². The molecule has 4 nitrogen and oxygen atoms in total. The average Bonchev–Trinajstić information content (AvgIpc) is 2.59. The molecular formula is C17H25ClN2O2S. The summed E-state index contributed by atoms with van der Waals surface area (Å²) in [5, 5.41) is 0. The van der Waals surface area contributed by atoms with Gasteiger partial charge in [0.05, 0.1) is 6.04 Å². The molecule has 0 aliphatic carbocycles.